The van der Waals surface area contributed by atoms with Crippen LogP contribution in [0.5, 0.6) is 5.75 Å². The van der Waals surface area contributed by atoms with E-state index in [1.165, 1.54) is 0 Å². The molecule has 1 fully saturated rings. The number of ether oxygens (including phenoxy) is 2. The summed E-state index contributed by atoms with van der Waals surface area (Å²) >= 11 is 0. The maximum absolute atomic E-state index is 10.2. The molecule has 168 valence electrons. The van der Waals surface area contributed by atoms with Crippen molar-refractivity contribution in [3.8, 4) is 28.0 Å². The van der Waals surface area contributed by atoms with Gasteiger partial charge in [0.2, 0.25) is 0 Å². The van der Waals surface area contributed by atoms with Crippen molar-refractivity contribution < 1.29 is 29.9 Å². The molecule has 32 heavy (non-hydrogen) atoms. The molecule has 1 aliphatic heterocycles. The molecule has 0 saturated carbocycles. The molecular formula is C24H26N2O6. The fraction of sp³-hybridized carbons (Fsp3) is 0.333. The largest absolute Gasteiger partial charge is 0.493 e. The summed E-state index contributed by atoms with van der Waals surface area (Å²) in [5.74, 6) is 0.635. The second-order valence-corrected chi connectivity index (χ2v) is 7.72. The predicted octanol–water partition coefficient (Wildman–Crippen LogP) is 1.42. The zero-order valence-electron chi connectivity index (χ0n) is 17.4. The van der Waals surface area contributed by atoms with Gasteiger partial charge in [-0.05, 0) is 64.7 Å². The molecular weight excluding hydrogens is 412 g/mol. The molecule has 2 aromatic heterocycles. The van der Waals surface area contributed by atoms with Crippen molar-refractivity contribution in [1.82, 2.24) is 9.97 Å². The minimum absolute atomic E-state index is 0.207. The molecule has 0 amide bonds. The van der Waals surface area contributed by atoms with E-state index in [1.54, 1.807) is 24.8 Å². The average Bonchev–Trinajstić information content (AvgIpc) is 2.85. The summed E-state index contributed by atoms with van der Waals surface area (Å²) < 4.78 is 11.5. The second-order valence-electron chi connectivity index (χ2n) is 7.72. The highest BCUT2D eigenvalue weighted by Crippen LogP contribution is 2.31. The van der Waals surface area contributed by atoms with Crippen LogP contribution in [-0.4, -0.2) is 74.1 Å². The maximum Gasteiger partial charge on any atom is 0.120 e. The lowest BCUT2D eigenvalue weighted by Gasteiger charge is -2.40. The zero-order chi connectivity index (χ0) is 22.5. The number of rotatable bonds is 7. The predicted molar refractivity (Wildman–Crippen MR) is 117 cm³/mol. The van der Waals surface area contributed by atoms with Gasteiger partial charge in [-0.1, -0.05) is 0 Å². The Balaban J connectivity index is 1.52. The number of hydrogen-bond donors (Lipinski definition) is 4. The lowest BCUT2D eigenvalue weighted by atomic mass is 9.94. The third-order valence-corrected chi connectivity index (χ3v) is 5.60. The average molecular weight is 438 g/mol. The van der Waals surface area contributed by atoms with Crippen LogP contribution in [0.25, 0.3) is 22.3 Å². The van der Waals surface area contributed by atoms with Crippen LogP contribution < -0.4 is 4.74 Å². The number of aliphatic hydroxyl groups excluding tert-OH is 4. The van der Waals surface area contributed by atoms with Gasteiger partial charge in [-0.2, -0.15) is 0 Å². The maximum atomic E-state index is 10.2. The van der Waals surface area contributed by atoms with E-state index in [1.807, 2.05) is 36.4 Å². The van der Waals surface area contributed by atoms with Crippen molar-refractivity contribution in [3.05, 3.63) is 67.3 Å². The Labute approximate surface area is 185 Å². The van der Waals surface area contributed by atoms with E-state index in [0.717, 1.165) is 22.3 Å². The minimum Gasteiger partial charge on any atom is -0.493 e. The van der Waals surface area contributed by atoms with Gasteiger partial charge in [-0.15, -0.1) is 0 Å². The molecule has 0 unspecified atom stereocenters. The van der Waals surface area contributed by atoms with Crippen LogP contribution in [0.3, 0.4) is 0 Å². The smallest absolute Gasteiger partial charge is 0.120 e. The Hall–Kier alpha value is -2.88. The number of hydrogen-bond acceptors (Lipinski definition) is 8. The van der Waals surface area contributed by atoms with Gasteiger partial charge in [0.05, 0.1) is 19.3 Å². The van der Waals surface area contributed by atoms with Crippen molar-refractivity contribution in [3.63, 3.8) is 0 Å². The number of nitrogens with zero attached hydrogens (tertiary/aromatic N) is 2. The highest BCUT2D eigenvalue weighted by atomic mass is 16.5. The third-order valence-electron chi connectivity index (χ3n) is 5.60. The molecule has 0 aliphatic carbocycles. The van der Waals surface area contributed by atoms with Crippen molar-refractivity contribution in [2.45, 2.75) is 36.9 Å². The van der Waals surface area contributed by atoms with Crippen LogP contribution in [0.1, 0.15) is 6.42 Å². The fourth-order valence-electron chi connectivity index (χ4n) is 3.81. The van der Waals surface area contributed by atoms with Crippen LogP contribution in [0.2, 0.25) is 0 Å². The number of aromatic nitrogens is 2. The van der Waals surface area contributed by atoms with Crippen LogP contribution >= 0.6 is 0 Å². The Bertz CT molecular complexity index is 944. The molecule has 0 bridgehead atoms. The van der Waals surface area contributed by atoms with Gasteiger partial charge in [0.1, 0.15) is 30.2 Å². The molecule has 0 spiro atoms. The van der Waals surface area contributed by atoms with Gasteiger partial charge in [0, 0.05) is 31.2 Å². The minimum atomic E-state index is -1.39. The van der Waals surface area contributed by atoms with Crippen LogP contribution in [-0.2, 0) is 4.74 Å². The van der Waals surface area contributed by atoms with Crippen LogP contribution in [0.15, 0.2) is 67.3 Å². The topological polar surface area (TPSA) is 125 Å². The van der Waals surface area contributed by atoms with Crippen molar-refractivity contribution in [2.75, 3.05) is 13.2 Å². The molecule has 8 heteroatoms. The Kier molecular flexibility index (Phi) is 7.09. The SMILES string of the molecule is OC[C@H]1O[C@@H](CCOc2cc(-c3ccncc3)cc(-c3ccncc3)c2)[C@H](O)[C@@H](O)[C@@H]1O. The van der Waals surface area contributed by atoms with Gasteiger partial charge < -0.3 is 29.9 Å². The monoisotopic (exact) mass is 438 g/mol. The molecule has 1 saturated heterocycles. The molecule has 4 rings (SSSR count). The van der Waals surface area contributed by atoms with E-state index in [9.17, 15) is 20.4 Å². The molecule has 4 N–H and O–H groups in total. The van der Waals surface area contributed by atoms with Crippen molar-refractivity contribution >= 4 is 0 Å². The molecule has 8 nitrogen and oxygen atoms in total. The van der Waals surface area contributed by atoms with E-state index in [2.05, 4.69) is 16.0 Å². The molecule has 0 radical (unpaired) electrons. The summed E-state index contributed by atoms with van der Waals surface area (Å²) in [4.78, 5) is 8.15. The number of pyridine rings is 2. The zero-order valence-corrected chi connectivity index (χ0v) is 17.4. The van der Waals surface area contributed by atoms with Crippen LogP contribution in [0.4, 0.5) is 0 Å². The first-order valence-corrected chi connectivity index (χ1v) is 10.5. The summed E-state index contributed by atoms with van der Waals surface area (Å²) in [5.41, 5.74) is 3.92. The van der Waals surface area contributed by atoms with Gasteiger partial charge in [0.25, 0.3) is 0 Å². The van der Waals surface area contributed by atoms with E-state index < -0.39 is 37.1 Å². The van der Waals surface area contributed by atoms with Crippen LogP contribution in [0, 0.1) is 0 Å². The van der Waals surface area contributed by atoms with Gasteiger partial charge in [-0.25, -0.2) is 0 Å². The molecule has 3 heterocycles. The summed E-state index contributed by atoms with van der Waals surface area (Å²) in [6.07, 6.45) is 1.47. The first-order chi connectivity index (χ1) is 15.6. The normalized spacial score (nSPS) is 25.4. The fourth-order valence-corrected chi connectivity index (χ4v) is 3.81. The quantitative estimate of drug-likeness (QED) is 0.437. The Morgan fingerprint density at radius 2 is 1.25 bits per heavy atom. The van der Waals surface area contributed by atoms with Crippen molar-refractivity contribution in [2.24, 2.45) is 0 Å². The lowest BCUT2D eigenvalue weighted by molar-refractivity contribution is -0.231. The number of aliphatic hydroxyl groups is 4. The Morgan fingerprint density at radius 1 is 0.719 bits per heavy atom. The summed E-state index contributed by atoms with van der Waals surface area (Å²) in [6.45, 7) is -0.246. The first-order valence-electron chi connectivity index (χ1n) is 10.5. The van der Waals surface area contributed by atoms with Gasteiger partial charge in [0.15, 0.2) is 0 Å². The summed E-state index contributed by atoms with van der Waals surface area (Å²) in [5, 5.41) is 39.5. The lowest BCUT2D eigenvalue weighted by Crippen LogP contribution is -2.58. The highest BCUT2D eigenvalue weighted by Gasteiger charge is 2.43. The summed E-state index contributed by atoms with van der Waals surface area (Å²) in [6, 6.07) is 13.6. The first kappa shape index (κ1) is 22.3. The van der Waals surface area contributed by atoms with E-state index in [0.29, 0.717) is 5.75 Å². The van der Waals surface area contributed by atoms with Gasteiger partial charge in [-0.3, -0.25) is 9.97 Å². The van der Waals surface area contributed by atoms with E-state index in [4.69, 9.17) is 9.47 Å². The van der Waals surface area contributed by atoms with Gasteiger partial charge >= 0.3 is 0 Å². The number of benzene rings is 1. The van der Waals surface area contributed by atoms with E-state index in [-0.39, 0.29) is 13.0 Å². The van der Waals surface area contributed by atoms with Crippen molar-refractivity contribution in [1.29, 1.82) is 0 Å². The molecule has 1 aliphatic rings. The van der Waals surface area contributed by atoms with E-state index >= 15 is 0 Å². The molecule has 1 aromatic carbocycles. The Morgan fingerprint density at radius 3 is 1.78 bits per heavy atom. The standard InChI is InChI=1S/C24H26N2O6/c27-14-21-23(29)24(30)22(28)20(32-21)5-10-31-19-12-17(15-1-6-25-7-2-15)11-18(13-19)16-3-8-26-9-4-16/h1-4,6-9,11-13,20-24,27-30H,5,10,14H2/t20-,21+,22-,23+,24+/m0/s1. The molecule has 5 atom stereocenters. The highest BCUT2D eigenvalue weighted by molar-refractivity contribution is 5.74. The molecule has 3 aromatic rings. The third kappa shape index (κ3) is 4.95. The summed E-state index contributed by atoms with van der Waals surface area (Å²) in [7, 11) is 0. The second kappa shape index (κ2) is 10.2.